The number of aliphatic hydroxyl groups is 1. The molecule has 0 amide bonds. The number of carboxylic acids is 2. The number of aromatic hydroxyl groups is 1. The van der Waals surface area contributed by atoms with Gasteiger partial charge in [0.1, 0.15) is 24.0 Å². The zero-order valence-corrected chi connectivity index (χ0v) is 12.3. The summed E-state index contributed by atoms with van der Waals surface area (Å²) >= 11 is 0. The van der Waals surface area contributed by atoms with E-state index < -0.39 is 18.0 Å². The van der Waals surface area contributed by atoms with E-state index in [1.54, 1.807) is 12.1 Å². The molecule has 7 heteroatoms. The normalized spacial score (nSPS) is 12.0. The van der Waals surface area contributed by atoms with Crippen LogP contribution >= 0.6 is 0 Å². The van der Waals surface area contributed by atoms with E-state index in [0.717, 1.165) is 0 Å². The Bertz CT molecular complexity index is 481. The molecule has 1 aromatic carbocycles. The molecule has 0 fully saturated rings. The van der Waals surface area contributed by atoms with Crippen LogP contribution in [0, 0.1) is 0 Å². The van der Waals surface area contributed by atoms with Crippen molar-refractivity contribution in [3.8, 4) is 5.75 Å². The lowest BCUT2D eigenvalue weighted by molar-refractivity contribution is -0.873. The number of para-hydroxylation sites is 1. The van der Waals surface area contributed by atoms with Gasteiger partial charge < -0.3 is 29.7 Å². The van der Waals surface area contributed by atoms with E-state index in [2.05, 4.69) is 0 Å². The molecule has 1 rings (SSSR count). The van der Waals surface area contributed by atoms with Gasteiger partial charge in [-0.25, -0.2) is 4.79 Å². The van der Waals surface area contributed by atoms with Gasteiger partial charge in [0.15, 0.2) is 0 Å². The van der Waals surface area contributed by atoms with Gasteiger partial charge in [0.25, 0.3) is 0 Å². The highest BCUT2D eigenvalue weighted by Crippen LogP contribution is 2.14. The third-order valence-electron chi connectivity index (χ3n) is 2.30. The molecule has 0 radical (unpaired) electrons. The van der Waals surface area contributed by atoms with Crippen LogP contribution in [0.15, 0.2) is 24.3 Å². The number of hydrogen-bond acceptors (Lipinski definition) is 5. The van der Waals surface area contributed by atoms with Crippen molar-refractivity contribution in [2.24, 2.45) is 0 Å². The van der Waals surface area contributed by atoms with Crippen molar-refractivity contribution in [2.45, 2.75) is 12.5 Å². The van der Waals surface area contributed by atoms with E-state index >= 15 is 0 Å². The molecule has 118 valence electrons. The second-order valence-corrected chi connectivity index (χ2v) is 5.53. The molecular weight excluding hydrogens is 278 g/mol. The molecule has 0 bridgehead atoms. The molecule has 0 aromatic heterocycles. The van der Waals surface area contributed by atoms with Gasteiger partial charge in [-0.05, 0) is 12.1 Å². The number of hydrogen-bond donors (Lipinski definition) is 3. The Hall–Kier alpha value is -2.12. The number of quaternary nitrogens is 1. The fourth-order valence-electron chi connectivity index (χ4n) is 1.54. The molecule has 7 nitrogen and oxygen atoms in total. The average molecular weight is 299 g/mol. The van der Waals surface area contributed by atoms with E-state index in [1.807, 2.05) is 21.1 Å². The Morgan fingerprint density at radius 2 is 1.76 bits per heavy atom. The van der Waals surface area contributed by atoms with Crippen LogP contribution in [-0.4, -0.2) is 65.5 Å². The summed E-state index contributed by atoms with van der Waals surface area (Å²) in [5.74, 6) is -2.51. The number of phenols is 1. The standard InChI is InChI=1S/C7H15NO3.C7H6O3/c1-8(2,3)5-6(9)4-7(10)11;8-6-4-2-1-3-5(6)7(9)10/h6,9H,4-5H2,1-3H3;1-4,8H,(H,9,10). The lowest BCUT2D eigenvalue weighted by Crippen LogP contribution is -2.43. The monoisotopic (exact) mass is 299 g/mol. The molecule has 1 atom stereocenters. The predicted molar refractivity (Wildman–Crippen MR) is 73.6 cm³/mol. The average Bonchev–Trinajstić information content (AvgIpc) is 2.25. The smallest absolute Gasteiger partial charge is 0.339 e. The van der Waals surface area contributed by atoms with Crippen LogP contribution in [0.5, 0.6) is 5.75 Å². The van der Waals surface area contributed by atoms with Crippen LogP contribution in [0.1, 0.15) is 16.8 Å². The molecule has 0 aliphatic heterocycles. The van der Waals surface area contributed by atoms with Crippen LogP contribution in [0.4, 0.5) is 0 Å². The maximum Gasteiger partial charge on any atom is 0.339 e. The largest absolute Gasteiger partial charge is 0.550 e. The molecule has 21 heavy (non-hydrogen) atoms. The first-order valence-electron chi connectivity index (χ1n) is 6.22. The van der Waals surface area contributed by atoms with Crippen molar-refractivity contribution < 1.29 is 34.5 Å². The predicted octanol–water partition coefficient (Wildman–Crippen LogP) is -0.716. The van der Waals surface area contributed by atoms with Crippen LogP contribution in [0.2, 0.25) is 0 Å². The van der Waals surface area contributed by atoms with Gasteiger partial charge in [-0.15, -0.1) is 0 Å². The first kappa shape index (κ1) is 18.9. The van der Waals surface area contributed by atoms with Gasteiger partial charge in [0.05, 0.1) is 21.1 Å². The van der Waals surface area contributed by atoms with Gasteiger partial charge in [0.2, 0.25) is 0 Å². The number of carboxylic acid groups (broad SMARTS) is 2. The Kier molecular flexibility index (Phi) is 7.40. The van der Waals surface area contributed by atoms with Crippen LogP contribution in [0.3, 0.4) is 0 Å². The van der Waals surface area contributed by atoms with Crippen molar-refractivity contribution in [3.63, 3.8) is 0 Å². The minimum atomic E-state index is -1.20. The highest BCUT2D eigenvalue weighted by atomic mass is 16.4. The zero-order valence-electron chi connectivity index (χ0n) is 12.3. The maximum atomic E-state index is 10.3. The number of aliphatic hydroxyl groups excluding tert-OH is 1. The summed E-state index contributed by atoms with van der Waals surface area (Å²) in [6.45, 7) is 0.425. The molecule has 1 unspecified atom stereocenters. The third kappa shape index (κ3) is 9.42. The number of aliphatic carboxylic acids is 1. The second kappa shape index (κ2) is 8.23. The summed E-state index contributed by atoms with van der Waals surface area (Å²) in [6.07, 6.45) is -1.09. The minimum absolute atomic E-state index is 0.0671. The highest BCUT2D eigenvalue weighted by Gasteiger charge is 2.14. The molecule has 0 heterocycles. The van der Waals surface area contributed by atoms with E-state index in [-0.39, 0.29) is 17.7 Å². The minimum Gasteiger partial charge on any atom is -0.550 e. The number of rotatable bonds is 5. The Morgan fingerprint density at radius 1 is 1.24 bits per heavy atom. The maximum absolute atomic E-state index is 10.3. The molecule has 0 saturated heterocycles. The van der Waals surface area contributed by atoms with Crippen LogP contribution < -0.4 is 5.11 Å². The Labute approximate surface area is 123 Å². The topological polar surface area (TPSA) is 118 Å². The van der Waals surface area contributed by atoms with Crippen molar-refractivity contribution in [2.75, 3.05) is 27.7 Å². The molecule has 0 spiro atoms. The van der Waals surface area contributed by atoms with E-state index in [4.69, 9.17) is 15.3 Å². The molecule has 1 aromatic rings. The van der Waals surface area contributed by atoms with Gasteiger partial charge in [0, 0.05) is 12.4 Å². The number of benzene rings is 1. The van der Waals surface area contributed by atoms with E-state index in [1.165, 1.54) is 12.1 Å². The number of aromatic carboxylic acids is 1. The Balaban J connectivity index is 0.000000382. The van der Waals surface area contributed by atoms with Gasteiger partial charge in [-0.3, -0.25) is 0 Å². The fourth-order valence-corrected chi connectivity index (χ4v) is 1.54. The zero-order chi connectivity index (χ0) is 16.6. The summed E-state index contributed by atoms with van der Waals surface area (Å²) < 4.78 is 0.550. The molecule has 0 saturated carbocycles. The number of nitrogens with zero attached hydrogens (tertiary/aromatic N) is 1. The van der Waals surface area contributed by atoms with Crippen LogP contribution in [0.25, 0.3) is 0 Å². The first-order chi connectivity index (χ1) is 9.53. The molecule has 0 aliphatic carbocycles. The lowest BCUT2D eigenvalue weighted by Gasteiger charge is -2.26. The van der Waals surface area contributed by atoms with Crippen LogP contribution in [-0.2, 0) is 4.79 Å². The SMILES string of the molecule is C[N+](C)(C)CC(O)CC(=O)[O-].O=C(O)c1ccccc1O. The van der Waals surface area contributed by atoms with E-state index in [9.17, 15) is 14.7 Å². The quantitative estimate of drug-likeness (QED) is 0.618. The summed E-state index contributed by atoms with van der Waals surface area (Å²) in [6, 6.07) is 5.81. The number of carbonyl (C=O) groups is 2. The van der Waals surface area contributed by atoms with Gasteiger partial charge in [-0.1, -0.05) is 12.1 Å². The number of likely N-dealkylation sites (N-methyl/N-ethyl adjacent to an activating group) is 1. The van der Waals surface area contributed by atoms with Gasteiger partial charge >= 0.3 is 5.97 Å². The third-order valence-corrected chi connectivity index (χ3v) is 2.30. The van der Waals surface area contributed by atoms with Crippen molar-refractivity contribution in [3.05, 3.63) is 29.8 Å². The molecule has 0 aliphatic rings. The van der Waals surface area contributed by atoms with Crippen molar-refractivity contribution >= 4 is 11.9 Å². The van der Waals surface area contributed by atoms with Crippen molar-refractivity contribution in [1.29, 1.82) is 0 Å². The summed E-state index contributed by atoms with van der Waals surface area (Å²) in [5.41, 5.74) is -0.0671. The fraction of sp³-hybridized carbons (Fsp3) is 0.429. The van der Waals surface area contributed by atoms with E-state index in [0.29, 0.717) is 11.0 Å². The lowest BCUT2D eigenvalue weighted by atomic mass is 10.2. The summed E-state index contributed by atoms with van der Waals surface area (Å²) in [7, 11) is 5.66. The summed E-state index contributed by atoms with van der Waals surface area (Å²) in [4.78, 5) is 20.3. The molecular formula is C14H21NO6. The van der Waals surface area contributed by atoms with Gasteiger partial charge in [-0.2, -0.15) is 0 Å². The molecule has 3 N–H and O–H groups in total. The highest BCUT2D eigenvalue weighted by molar-refractivity contribution is 5.90. The van der Waals surface area contributed by atoms with Crippen molar-refractivity contribution in [1.82, 2.24) is 0 Å². The Morgan fingerprint density at radius 3 is 2.10 bits per heavy atom. The summed E-state index contributed by atoms with van der Waals surface area (Å²) in [5, 5.41) is 36.4. The first-order valence-corrected chi connectivity index (χ1v) is 6.22. The second-order valence-electron chi connectivity index (χ2n) is 5.53. The number of carbonyl (C=O) groups excluding carboxylic acids is 1.